The molecule has 0 radical (unpaired) electrons. The van der Waals surface area contributed by atoms with E-state index in [0.29, 0.717) is 32.5 Å². The summed E-state index contributed by atoms with van der Waals surface area (Å²) in [4.78, 5) is 44.7. The monoisotopic (exact) mass is 457 g/mol. The molecular weight excluding hydrogens is 422 g/mol. The van der Waals surface area contributed by atoms with Crippen LogP contribution in [0, 0.1) is 11.8 Å². The summed E-state index contributed by atoms with van der Waals surface area (Å²) >= 11 is 0. The zero-order chi connectivity index (χ0) is 23.2. The minimum absolute atomic E-state index is 0.00785. The standard InChI is InChI=1S/C24H35N5O4/c30-17-26-23(32)20-14-18(15-21(31)28-8-4-5-9-28)16-25-22(20)24(33)29-12-10-27(11-13-29)19-6-2-1-3-7-19/h1-3,6-7,18,20,22,25,30H,4-5,8-17H2,(H,26,32)/t18?,20-,22-/m0/s1. The number of piperidine rings is 1. The van der Waals surface area contributed by atoms with Gasteiger partial charge in [-0.2, -0.15) is 0 Å². The summed E-state index contributed by atoms with van der Waals surface area (Å²) in [5.41, 5.74) is 1.14. The van der Waals surface area contributed by atoms with Gasteiger partial charge in [0.05, 0.1) is 12.0 Å². The van der Waals surface area contributed by atoms with Gasteiger partial charge in [-0.1, -0.05) is 18.2 Å². The molecule has 3 atom stereocenters. The Kier molecular flexibility index (Phi) is 7.82. The Balaban J connectivity index is 1.36. The minimum atomic E-state index is -0.641. The number of benzene rings is 1. The maximum Gasteiger partial charge on any atom is 0.240 e. The van der Waals surface area contributed by atoms with Gasteiger partial charge in [-0.25, -0.2) is 0 Å². The van der Waals surface area contributed by atoms with Crippen LogP contribution in [0.1, 0.15) is 25.7 Å². The molecule has 0 aromatic heterocycles. The van der Waals surface area contributed by atoms with Gasteiger partial charge >= 0.3 is 0 Å². The van der Waals surface area contributed by atoms with Gasteiger partial charge in [0, 0.05) is 51.4 Å². The number of aliphatic hydroxyl groups is 1. The van der Waals surface area contributed by atoms with Crippen LogP contribution in [0.2, 0.25) is 0 Å². The van der Waals surface area contributed by atoms with Crippen LogP contribution in [0.4, 0.5) is 5.69 Å². The molecule has 1 aromatic rings. The van der Waals surface area contributed by atoms with Gasteiger partial charge in [0.15, 0.2) is 0 Å². The minimum Gasteiger partial charge on any atom is -0.377 e. The number of hydrogen-bond acceptors (Lipinski definition) is 6. The van der Waals surface area contributed by atoms with E-state index in [-0.39, 0.29) is 23.6 Å². The van der Waals surface area contributed by atoms with Gasteiger partial charge in [-0.15, -0.1) is 0 Å². The summed E-state index contributed by atoms with van der Waals surface area (Å²) < 4.78 is 0. The zero-order valence-electron chi connectivity index (χ0n) is 19.1. The van der Waals surface area contributed by atoms with E-state index in [2.05, 4.69) is 27.7 Å². The van der Waals surface area contributed by atoms with Crippen LogP contribution in [0.5, 0.6) is 0 Å². The number of hydrogen-bond donors (Lipinski definition) is 3. The molecule has 3 aliphatic rings. The fourth-order valence-corrected chi connectivity index (χ4v) is 5.26. The lowest BCUT2D eigenvalue weighted by Crippen LogP contribution is -2.61. The average Bonchev–Trinajstić information content (AvgIpc) is 3.40. The van der Waals surface area contributed by atoms with Crippen LogP contribution in [0.15, 0.2) is 30.3 Å². The Bertz CT molecular complexity index is 821. The predicted octanol–water partition coefficient (Wildman–Crippen LogP) is 0.00800. The molecule has 3 fully saturated rings. The molecule has 1 unspecified atom stereocenters. The maximum atomic E-state index is 13.4. The first-order valence-corrected chi connectivity index (χ1v) is 12.1. The first-order valence-electron chi connectivity index (χ1n) is 12.1. The van der Waals surface area contributed by atoms with E-state index in [1.807, 2.05) is 28.0 Å². The molecule has 0 spiro atoms. The third kappa shape index (κ3) is 5.65. The van der Waals surface area contributed by atoms with Gasteiger partial charge in [0.25, 0.3) is 0 Å². The van der Waals surface area contributed by atoms with Crippen LogP contribution < -0.4 is 15.5 Å². The van der Waals surface area contributed by atoms with E-state index in [4.69, 9.17) is 0 Å². The van der Waals surface area contributed by atoms with E-state index in [9.17, 15) is 19.5 Å². The molecule has 0 saturated carbocycles. The van der Waals surface area contributed by atoms with Crippen LogP contribution in [-0.2, 0) is 14.4 Å². The zero-order valence-corrected chi connectivity index (χ0v) is 19.1. The summed E-state index contributed by atoms with van der Waals surface area (Å²) in [5.74, 6) is -0.911. The fraction of sp³-hybridized carbons (Fsp3) is 0.625. The molecule has 3 aliphatic heterocycles. The largest absolute Gasteiger partial charge is 0.377 e. The van der Waals surface area contributed by atoms with Crippen molar-refractivity contribution in [3.05, 3.63) is 30.3 Å². The average molecular weight is 458 g/mol. The Hall–Kier alpha value is -2.65. The van der Waals surface area contributed by atoms with Gasteiger partial charge < -0.3 is 30.4 Å². The molecule has 9 nitrogen and oxygen atoms in total. The second-order valence-electron chi connectivity index (χ2n) is 9.23. The van der Waals surface area contributed by atoms with Crippen LogP contribution in [-0.4, -0.2) is 91.2 Å². The number of carbonyl (C=O) groups excluding carboxylic acids is 3. The van der Waals surface area contributed by atoms with Crippen molar-refractivity contribution in [1.82, 2.24) is 20.4 Å². The quantitative estimate of drug-likeness (QED) is 0.520. The second kappa shape index (κ2) is 11.0. The summed E-state index contributed by atoms with van der Waals surface area (Å²) in [6, 6.07) is 9.50. The normalized spacial score (nSPS) is 25.7. The topological polar surface area (TPSA) is 105 Å². The Labute approximate surface area is 195 Å². The summed E-state index contributed by atoms with van der Waals surface area (Å²) in [6.07, 6.45) is 2.93. The smallest absolute Gasteiger partial charge is 0.240 e. The third-order valence-electron chi connectivity index (χ3n) is 7.11. The molecule has 3 heterocycles. The number of rotatable bonds is 6. The summed E-state index contributed by atoms with van der Waals surface area (Å²) in [5, 5.41) is 15.0. The number of aliphatic hydroxyl groups excluding tert-OH is 1. The van der Waals surface area contributed by atoms with Gasteiger partial charge in [-0.05, 0) is 43.9 Å². The lowest BCUT2D eigenvalue weighted by Gasteiger charge is -2.41. The number of nitrogens with one attached hydrogen (secondary N) is 2. The molecule has 33 heavy (non-hydrogen) atoms. The molecule has 3 amide bonds. The van der Waals surface area contributed by atoms with Crippen molar-refractivity contribution in [1.29, 1.82) is 0 Å². The van der Waals surface area contributed by atoms with Gasteiger partial charge in [0.2, 0.25) is 17.7 Å². The van der Waals surface area contributed by atoms with Crippen molar-refractivity contribution in [3.63, 3.8) is 0 Å². The van der Waals surface area contributed by atoms with Crippen molar-refractivity contribution in [2.45, 2.75) is 31.7 Å². The molecule has 180 valence electrons. The highest BCUT2D eigenvalue weighted by atomic mass is 16.3. The van der Waals surface area contributed by atoms with Crippen molar-refractivity contribution >= 4 is 23.4 Å². The van der Waals surface area contributed by atoms with E-state index in [0.717, 1.165) is 44.7 Å². The van der Waals surface area contributed by atoms with Crippen molar-refractivity contribution < 1.29 is 19.5 Å². The molecular formula is C24H35N5O4. The van der Waals surface area contributed by atoms with Crippen LogP contribution in [0.3, 0.4) is 0 Å². The van der Waals surface area contributed by atoms with Crippen molar-refractivity contribution in [2.24, 2.45) is 11.8 Å². The lowest BCUT2D eigenvalue weighted by atomic mass is 9.81. The van der Waals surface area contributed by atoms with E-state index in [1.54, 1.807) is 0 Å². The van der Waals surface area contributed by atoms with Gasteiger partial charge in [-0.3, -0.25) is 14.4 Å². The summed E-state index contributed by atoms with van der Waals surface area (Å²) in [7, 11) is 0. The molecule has 0 bridgehead atoms. The number of para-hydroxylation sites is 1. The highest BCUT2D eigenvalue weighted by molar-refractivity contribution is 5.90. The highest BCUT2D eigenvalue weighted by Gasteiger charge is 2.42. The fourth-order valence-electron chi connectivity index (χ4n) is 5.26. The van der Waals surface area contributed by atoms with Gasteiger partial charge in [0.1, 0.15) is 6.73 Å². The molecule has 4 rings (SSSR count). The lowest BCUT2D eigenvalue weighted by molar-refractivity contribution is -0.142. The van der Waals surface area contributed by atoms with Crippen molar-refractivity contribution in [2.75, 3.05) is 57.4 Å². The Morgan fingerprint density at radius 2 is 1.67 bits per heavy atom. The number of piperazine rings is 1. The van der Waals surface area contributed by atoms with Crippen LogP contribution in [0.25, 0.3) is 0 Å². The Morgan fingerprint density at radius 3 is 2.33 bits per heavy atom. The number of anilines is 1. The first-order chi connectivity index (χ1) is 16.1. The first kappa shape index (κ1) is 23.5. The highest BCUT2D eigenvalue weighted by Crippen LogP contribution is 2.27. The number of carbonyl (C=O) groups is 3. The van der Waals surface area contributed by atoms with Crippen molar-refractivity contribution in [3.8, 4) is 0 Å². The maximum absolute atomic E-state index is 13.4. The molecule has 0 aliphatic carbocycles. The predicted molar refractivity (Wildman–Crippen MR) is 124 cm³/mol. The number of nitrogens with zero attached hydrogens (tertiary/aromatic N) is 3. The number of likely N-dealkylation sites (tertiary alicyclic amines) is 1. The van der Waals surface area contributed by atoms with Crippen LogP contribution >= 0.6 is 0 Å². The van der Waals surface area contributed by atoms with E-state index < -0.39 is 18.7 Å². The molecule has 3 saturated heterocycles. The second-order valence-corrected chi connectivity index (χ2v) is 9.23. The molecule has 1 aromatic carbocycles. The SMILES string of the molecule is O=C(NCO)[C@H]1CC(CC(=O)N2CCCC2)CN[C@@H]1C(=O)N1CCN(c2ccccc2)CC1. The summed E-state index contributed by atoms with van der Waals surface area (Å²) in [6.45, 7) is 4.35. The Morgan fingerprint density at radius 1 is 0.970 bits per heavy atom. The molecule has 3 N–H and O–H groups in total. The van der Waals surface area contributed by atoms with E-state index >= 15 is 0 Å². The third-order valence-corrected chi connectivity index (χ3v) is 7.11. The molecule has 9 heteroatoms. The number of amides is 3. The van der Waals surface area contributed by atoms with E-state index in [1.165, 1.54) is 0 Å².